The van der Waals surface area contributed by atoms with E-state index in [1.165, 1.54) is 30.6 Å². The molecule has 0 aliphatic heterocycles. The molecular formula is C12H21NS. The van der Waals surface area contributed by atoms with Gasteiger partial charge in [-0.1, -0.05) is 39.2 Å². The molecule has 0 aromatic carbocycles. The van der Waals surface area contributed by atoms with Crippen molar-refractivity contribution in [2.75, 3.05) is 6.54 Å². The van der Waals surface area contributed by atoms with Gasteiger partial charge in [0, 0.05) is 10.9 Å². The van der Waals surface area contributed by atoms with Gasteiger partial charge in [-0.3, -0.25) is 0 Å². The van der Waals surface area contributed by atoms with Crippen LogP contribution in [0.3, 0.4) is 0 Å². The summed E-state index contributed by atoms with van der Waals surface area (Å²) in [7, 11) is 0. The van der Waals surface area contributed by atoms with Crippen LogP contribution in [0.25, 0.3) is 0 Å². The molecule has 0 fully saturated rings. The molecule has 1 unspecified atom stereocenters. The predicted octanol–water partition coefficient (Wildman–Crippen LogP) is 3.98. The number of thiophene rings is 1. The molecule has 1 atom stereocenters. The zero-order valence-electron chi connectivity index (χ0n) is 9.25. The molecule has 1 heterocycles. The third-order valence-corrected chi connectivity index (χ3v) is 3.42. The molecule has 0 spiro atoms. The van der Waals surface area contributed by atoms with Crippen molar-refractivity contribution in [3.05, 3.63) is 22.4 Å². The molecule has 14 heavy (non-hydrogen) atoms. The van der Waals surface area contributed by atoms with Crippen molar-refractivity contribution in [2.24, 2.45) is 0 Å². The summed E-state index contributed by atoms with van der Waals surface area (Å²) >= 11 is 1.87. The van der Waals surface area contributed by atoms with Crippen molar-refractivity contribution >= 4 is 11.3 Å². The molecule has 1 rings (SSSR count). The quantitative estimate of drug-likeness (QED) is 0.673. The van der Waals surface area contributed by atoms with Crippen molar-refractivity contribution in [2.45, 2.75) is 45.6 Å². The Bertz CT molecular complexity index is 218. The standard InChI is InChI=1S/C12H21NS/c1-3-5-6-8-11(13-4-2)12-9-7-10-14-12/h7,9-11,13H,3-6,8H2,1-2H3. The van der Waals surface area contributed by atoms with E-state index in [0.717, 1.165) is 6.54 Å². The fourth-order valence-corrected chi connectivity index (χ4v) is 2.52. The Morgan fingerprint density at radius 1 is 1.36 bits per heavy atom. The molecule has 0 aliphatic rings. The van der Waals surface area contributed by atoms with E-state index in [0.29, 0.717) is 6.04 Å². The molecule has 0 saturated heterocycles. The molecule has 0 amide bonds. The Balaban J connectivity index is 2.39. The molecule has 0 saturated carbocycles. The second-order valence-electron chi connectivity index (χ2n) is 3.62. The number of nitrogens with one attached hydrogen (secondary N) is 1. The van der Waals surface area contributed by atoms with E-state index in [2.05, 4.69) is 36.7 Å². The lowest BCUT2D eigenvalue weighted by Crippen LogP contribution is -2.19. The van der Waals surface area contributed by atoms with Crippen LogP contribution in [0.15, 0.2) is 17.5 Å². The summed E-state index contributed by atoms with van der Waals surface area (Å²) < 4.78 is 0. The second-order valence-corrected chi connectivity index (χ2v) is 4.60. The number of unbranched alkanes of at least 4 members (excludes halogenated alkanes) is 2. The first-order chi connectivity index (χ1) is 6.88. The Kier molecular flexibility index (Phi) is 5.88. The first kappa shape index (κ1) is 11.7. The first-order valence-electron chi connectivity index (χ1n) is 5.65. The van der Waals surface area contributed by atoms with Gasteiger partial charge in [0.05, 0.1) is 0 Å². The fourth-order valence-electron chi connectivity index (χ4n) is 1.68. The monoisotopic (exact) mass is 211 g/mol. The molecule has 0 aliphatic carbocycles. The van der Waals surface area contributed by atoms with E-state index in [-0.39, 0.29) is 0 Å². The van der Waals surface area contributed by atoms with Crippen LogP contribution < -0.4 is 5.32 Å². The van der Waals surface area contributed by atoms with E-state index in [1.807, 2.05) is 11.3 Å². The van der Waals surface area contributed by atoms with Gasteiger partial charge in [-0.15, -0.1) is 11.3 Å². The summed E-state index contributed by atoms with van der Waals surface area (Å²) in [4.78, 5) is 1.49. The Hall–Kier alpha value is -0.340. The Morgan fingerprint density at radius 3 is 2.79 bits per heavy atom. The molecule has 1 aromatic heterocycles. The molecule has 80 valence electrons. The lowest BCUT2D eigenvalue weighted by Gasteiger charge is -2.15. The number of hydrogen-bond acceptors (Lipinski definition) is 2. The van der Waals surface area contributed by atoms with Gasteiger partial charge >= 0.3 is 0 Å². The Morgan fingerprint density at radius 2 is 2.21 bits per heavy atom. The van der Waals surface area contributed by atoms with Crippen LogP contribution in [-0.2, 0) is 0 Å². The number of hydrogen-bond donors (Lipinski definition) is 1. The summed E-state index contributed by atoms with van der Waals surface area (Å²) in [5, 5.41) is 5.72. The van der Waals surface area contributed by atoms with Crippen LogP contribution in [-0.4, -0.2) is 6.54 Å². The molecule has 1 N–H and O–H groups in total. The highest BCUT2D eigenvalue weighted by molar-refractivity contribution is 7.10. The van der Waals surface area contributed by atoms with E-state index in [1.54, 1.807) is 0 Å². The third kappa shape index (κ3) is 3.81. The summed E-state index contributed by atoms with van der Waals surface area (Å²) in [6, 6.07) is 4.97. The van der Waals surface area contributed by atoms with Crippen LogP contribution in [0.1, 0.15) is 50.4 Å². The van der Waals surface area contributed by atoms with Crippen molar-refractivity contribution in [3.63, 3.8) is 0 Å². The first-order valence-corrected chi connectivity index (χ1v) is 6.53. The third-order valence-electron chi connectivity index (χ3n) is 2.43. The highest BCUT2D eigenvalue weighted by Crippen LogP contribution is 2.23. The molecule has 1 nitrogen and oxygen atoms in total. The number of rotatable bonds is 7. The minimum absolute atomic E-state index is 0.589. The van der Waals surface area contributed by atoms with Crippen LogP contribution in [0, 0.1) is 0 Å². The summed E-state index contributed by atoms with van der Waals surface area (Å²) in [6.07, 6.45) is 5.28. The zero-order valence-corrected chi connectivity index (χ0v) is 10.1. The second kappa shape index (κ2) is 7.02. The lowest BCUT2D eigenvalue weighted by atomic mass is 10.1. The van der Waals surface area contributed by atoms with Gasteiger partial charge in [-0.05, 0) is 24.4 Å². The van der Waals surface area contributed by atoms with Crippen molar-refractivity contribution in [1.29, 1.82) is 0 Å². The zero-order chi connectivity index (χ0) is 10.2. The summed E-state index contributed by atoms with van der Waals surface area (Å²) in [6.45, 7) is 5.50. The molecule has 0 bridgehead atoms. The lowest BCUT2D eigenvalue weighted by molar-refractivity contribution is 0.493. The van der Waals surface area contributed by atoms with E-state index >= 15 is 0 Å². The fraction of sp³-hybridized carbons (Fsp3) is 0.667. The van der Waals surface area contributed by atoms with Gasteiger partial charge in [-0.25, -0.2) is 0 Å². The molecular weight excluding hydrogens is 190 g/mol. The molecule has 2 heteroatoms. The molecule has 1 aromatic rings. The van der Waals surface area contributed by atoms with Gasteiger partial charge in [0.1, 0.15) is 0 Å². The van der Waals surface area contributed by atoms with Gasteiger partial charge in [-0.2, -0.15) is 0 Å². The summed E-state index contributed by atoms with van der Waals surface area (Å²) in [5.74, 6) is 0. The highest BCUT2D eigenvalue weighted by Gasteiger charge is 2.09. The van der Waals surface area contributed by atoms with Crippen LogP contribution >= 0.6 is 11.3 Å². The minimum atomic E-state index is 0.589. The average Bonchev–Trinajstić information content (AvgIpc) is 2.70. The van der Waals surface area contributed by atoms with Gasteiger partial charge in [0.15, 0.2) is 0 Å². The van der Waals surface area contributed by atoms with Crippen LogP contribution in [0.2, 0.25) is 0 Å². The van der Waals surface area contributed by atoms with Crippen molar-refractivity contribution in [3.8, 4) is 0 Å². The van der Waals surface area contributed by atoms with Crippen molar-refractivity contribution in [1.82, 2.24) is 5.32 Å². The van der Waals surface area contributed by atoms with E-state index < -0.39 is 0 Å². The van der Waals surface area contributed by atoms with E-state index in [4.69, 9.17) is 0 Å². The normalized spacial score (nSPS) is 13.0. The summed E-state index contributed by atoms with van der Waals surface area (Å²) in [5.41, 5.74) is 0. The minimum Gasteiger partial charge on any atom is -0.310 e. The maximum atomic E-state index is 3.55. The largest absolute Gasteiger partial charge is 0.310 e. The topological polar surface area (TPSA) is 12.0 Å². The average molecular weight is 211 g/mol. The van der Waals surface area contributed by atoms with Crippen molar-refractivity contribution < 1.29 is 0 Å². The van der Waals surface area contributed by atoms with Crippen LogP contribution in [0.5, 0.6) is 0 Å². The predicted molar refractivity (Wildman–Crippen MR) is 64.9 cm³/mol. The van der Waals surface area contributed by atoms with Gasteiger partial charge in [0.25, 0.3) is 0 Å². The van der Waals surface area contributed by atoms with Crippen LogP contribution in [0.4, 0.5) is 0 Å². The highest BCUT2D eigenvalue weighted by atomic mass is 32.1. The van der Waals surface area contributed by atoms with E-state index in [9.17, 15) is 0 Å². The Labute approximate surface area is 91.5 Å². The van der Waals surface area contributed by atoms with Gasteiger partial charge < -0.3 is 5.32 Å². The maximum absolute atomic E-state index is 3.55. The molecule has 0 radical (unpaired) electrons. The SMILES string of the molecule is CCCCCC(NCC)c1cccs1. The smallest absolute Gasteiger partial charge is 0.0414 e. The van der Waals surface area contributed by atoms with Gasteiger partial charge in [0.2, 0.25) is 0 Å². The maximum Gasteiger partial charge on any atom is 0.0414 e.